The molecule has 2 aromatic rings. The van der Waals surface area contributed by atoms with Crippen LogP contribution in [0.25, 0.3) is 11.0 Å². The number of halogens is 2. The molecule has 0 spiro atoms. The van der Waals surface area contributed by atoms with Crippen LogP contribution < -0.4 is 0 Å². The quantitative estimate of drug-likeness (QED) is 0.758. The number of alkyl halides is 1. The molecular formula is C16H20ClFN2O. The number of aromatic nitrogens is 2. The zero-order valence-corrected chi connectivity index (χ0v) is 13.3. The van der Waals surface area contributed by atoms with Crippen LogP contribution in [0, 0.1) is 5.82 Å². The van der Waals surface area contributed by atoms with Crippen molar-refractivity contribution in [2.75, 3.05) is 6.61 Å². The fraction of sp³-hybridized carbons (Fsp3) is 0.562. The fourth-order valence-corrected chi connectivity index (χ4v) is 3.34. The van der Waals surface area contributed by atoms with Crippen LogP contribution in [0.3, 0.4) is 0 Å². The molecule has 1 aromatic heterocycles. The third kappa shape index (κ3) is 2.67. The van der Waals surface area contributed by atoms with Gasteiger partial charge in [-0.15, -0.1) is 11.6 Å². The third-order valence-electron chi connectivity index (χ3n) is 4.09. The Morgan fingerprint density at radius 1 is 1.48 bits per heavy atom. The van der Waals surface area contributed by atoms with Gasteiger partial charge in [0.2, 0.25) is 0 Å². The predicted octanol–water partition coefficient (Wildman–Crippen LogP) is 4.61. The Morgan fingerprint density at radius 2 is 2.24 bits per heavy atom. The van der Waals surface area contributed by atoms with Crippen molar-refractivity contribution in [2.45, 2.75) is 50.6 Å². The van der Waals surface area contributed by atoms with Crippen molar-refractivity contribution in [1.29, 1.82) is 0 Å². The molecule has 1 aromatic carbocycles. The lowest BCUT2D eigenvalue weighted by atomic mass is 9.93. The number of imidazole rings is 1. The summed E-state index contributed by atoms with van der Waals surface area (Å²) >= 11 is 6.29. The van der Waals surface area contributed by atoms with Crippen molar-refractivity contribution in [1.82, 2.24) is 9.55 Å². The molecule has 0 bridgehead atoms. The Kier molecular flexibility index (Phi) is 3.70. The first-order valence-corrected chi connectivity index (χ1v) is 7.77. The molecule has 3 rings (SSSR count). The summed E-state index contributed by atoms with van der Waals surface area (Å²) in [7, 11) is 0. The highest BCUT2D eigenvalue weighted by atomic mass is 35.5. The Hall–Kier alpha value is -1.13. The van der Waals surface area contributed by atoms with Crippen LogP contribution in [-0.4, -0.2) is 21.8 Å². The van der Waals surface area contributed by atoms with E-state index in [1.165, 1.54) is 6.07 Å². The number of hydrogen-bond acceptors (Lipinski definition) is 2. The molecule has 2 unspecified atom stereocenters. The molecule has 1 fully saturated rings. The maximum atomic E-state index is 14.0. The predicted molar refractivity (Wildman–Crippen MR) is 82.3 cm³/mol. The Bertz CT molecular complexity index is 666. The van der Waals surface area contributed by atoms with Gasteiger partial charge < -0.3 is 9.30 Å². The fourth-order valence-electron chi connectivity index (χ4n) is 3.19. The number of ether oxygens (including phenoxy) is 1. The molecule has 0 radical (unpaired) electrons. The largest absolute Gasteiger partial charge is 0.375 e. The SMILES string of the molecule is CC(Cl)c1nc2c(F)cccc2n1C1CCOC(C)(C)C1. The maximum Gasteiger partial charge on any atom is 0.151 e. The lowest BCUT2D eigenvalue weighted by Gasteiger charge is -2.37. The summed E-state index contributed by atoms with van der Waals surface area (Å²) in [6.07, 6.45) is 1.76. The molecule has 0 aliphatic carbocycles. The molecule has 2 atom stereocenters. The molecule has 21 heavy (non-hydrogen) atoms. The van der Waals surface area contributed by atoms with Crippen molar-refractivity contribution in [2.24, 2.45) is 0 Å². The van der Waals surface area contributed by atoms with Crippen LogP contribution in [0.5, 0.6) is 0 Å². The Balaban J connectivity index is 2.16. The first-order valence-electron chi connectivity index (χ1n) is 7.33. The van der Waals surface area contributed by atoms with E-state index in [0.29, 0.717) is 12.1 Å². The summed E-state index contributed by atoms with van der Waals surface area (Å²) < 4.78 is 21.9. The summed E-state index contributed by atoms with van der Waals surface area (Å²) in [6, 6.07) is 5.31. The molecule has 114 valence electrons. The van der Waals surface area contributed by atoms with E-state index in [-0.39, 0.29) is 22.8 Å². The van der Waals surface area contributed by atoms with Gasteiger partial charge >= 0.3 is 0 Å². The molecule has 1 saturated heterocycles. The smallest absolute Gasteiger partial charge is 0.151 e. The number of para-hydroxylation sites is 1. The van der Waals surface area contributed by atoms with Gasteiger partial charge in [0.15, 0.2) is 5.82 Å². The molecule has 0 amide bonds. The number of benzene rings is 1. The second kappa shape index (κ2) is 5.25. The summed E-state index contributed by atoms with van der Waals surface area (Å²) in [6.45, 7) is 6.75. The van der Waals surface area contributed by atoms with Gasteiger partial charge in [0.25, 0.3) is 0 Å². The van der Waals surface area contributed by atoms with Crippen molar-refractivity contribution >= 4 is 22.6 Å². The molecule has 0 N–H and O–H groups in total. The van der Waals surface area contributed by atoms with Crippen LogP contribution in [0.2, 0.25) is 0 Å². The molecule has 0 saturated carbocycles. The highest BCUT2D eigenvalue weighted by Gasteiger charge is 2.32. The second-order valence-electron chi connectivity index (χ2n) is 6.32. The zero-order chi connectivity index (χ0) is 15.2. The average molecular weight is 311 g/mol. The van der Waals surface area contributed by atoms with Crippen molar-refractivity contribution in [3.63, 3.8) is 0 Å². The van der Waals surface area contributed by atoms with Crippen LogP contribution >= 0.6 is 11.6 Å². The van der Waals surface area contributed by atoms with Gasteiger partial charge in [-0.1, -0.05) is 6.07 Å². The minimum Gasteiger partial charge on any atom is -0.375 e. The van der Waals surface area contributed by atoms with E-state index >= 15 is 0 Å². The van der Waals surface area contributed by atoms with E-state index in [0.717, 1.165) is 24.2 Å². The van der Waals surface area contributed by atoms with E-state index in [4.69, 9.17) is 16.3 Å². The van der Waals surface area contributed by atoms with E-state index in [1.807, 2.05) is 13.0 Å². The number of rotatable bonds is 2. The van der Waals surface area contributed by atoms with Gasteiger partial charge in [0.05, 0.1) is 16.5 Å². The lowest BCUT2D eigenvalue weighted by Crippen LogP contribution is -2.35. The second-order valence-corrected chi connectivity index (χ2v) is 6.97. The molecule has 5 heteroatoms. The maximum absolute atomic E-state index is 14.0. The van der Waals surface area contributed by atoms with Gasteiger partial charge in [-0.3, -0.25) is 0 Å². The first kappa shape index (κ1) is 14.8. The molecule has 1 aliphatic heterocycles. The topological polar surface area (TPSA) is 27.1 Å². The first-order chi connectivity index (χ1) is 9.89. The highest BCUT2D eigenvalue weighted by molar-refractivity contribution is 6.20. The van der Waals surface area contributed by atoms with Crippen LogP contribution in [0.4, 0.5) is 4.39 Å². The van der Waals surface area contributed by atoms with Gasteiger partial charge in [-0.25, -0.2) is 9.37 Å². The van der Waals surface area contributed by atoms with Crippen LogP contribution in [-0.2, 0) is 4.74 Å². The van der Waals surface area contributed by atoms with Crippen LogP contribution in [0.15, 0.2) is 18.2 Å². The van der Waals surface area contributed by atoms with Crippen LogP contribution in [0.1, 0.15) is 50.9 Å². The molecule has 1 aliphatic rings. The summed E-state index contributed by atoms with van der Waals surface area (Å²) in [5, 5.41) is -0.261. The normalized spacial score (nSPS) is 23.4. The number of nitrogens with zero attached hydrogens (tertiary/aromatic N) is 2. The monoisotopic (exact) mass is 310 g/mol. The lowest BCUT2D eigenvalue weighted by molar-refractivity contribution is -0.0688. The number of hydrogen-bond donors (Lipinski definition) is 0. The number of fused-ring (bicyclic) bond motifs is 1. The summed E-state index contributed by atoms with van der Waals surface area (Å²) in [4.78, 5) is 4.45. The molecular weight excluding hydrogens is 291 g/mol. The van der Waals surface area contributed by atoms with E-state index in [9.17, 15) is 4.39 Å². The third-order valence-corrected chi connectivity index (χ3v) is 4.29. The van der Waals surface area contributed by atoms with Gasteiger partial charge in [0.1, 0.15) is 11.3 Å². The molecule has 2 heterocycles. The minimum atomic E-state index is -0.295. The van der Waals surface area contributed by atoms with Gasteiger partial charge in [-0.2, -0.15) is 0 Å². The Labute approximate surface area is 129 Å². The standard InChI is InChI=1S/C16H20ClFN2O/c1-10(17)15-19-14-12(18)5-4-6-13(14)20(15)11-7-8-21-16(2,3)9-11/h4-6,10-11H,7-9H2,1-3H3. The van der Waals surface area contributed by atoms with E-state index < -0.39 is 0 Å². The highest BCUT2D eigenvalue weighted by Crippen LogP contribution is 2.37. The minimum absolute atomic E-state index is 0.181. The molecule has 3 nitrogen and oxygen atoms in total. The van der Waals surface area contributed by atoms with E-state index in [2.05, 4.69) is 23.4 Å². The summed E-state index contributed by atoms with van der Waals surface area (Å²) in [5.74, 6) is 0.440. The van der Waals surface area contributed by atoms with Crippen molar-refractivity contribution in [3.05, 3.63) is 29.8 Å². The summed E-state index contributed by atoms with van der Waals surface area (Å²) in [5.41, 5.74) is 1.05. The zero-order valence-electron chi connectivity index (χ0n) is 12.6. The Morgan fingerprint density at radius 3 is 2.90 bits per heavy atom. The van der Waals surface area contributed by atoms with Crippen molar-refractivity contribution in [3.8, 4) is 0 Å². The van der Waals surface area contributed by atoms with Crippen molar-refractivity contribution < 1.29 is 9.13 Å². The van der Waals surface area contributed by atoms with Gasteiger partial charge in [0, 0.05) is 12.6 Å². The average Bonchev–Trinajstić information content (AvgIpc) is 2.78. The van der Waals surface area contributed by atoms with E-state index in [1.54, 1.807) is 6.07 Å². The van der Waals surface area contributed by atoms with Gasteiger partial charge in [-0.05, 0) is 45.7 Å².